The summed E-state index contributed by atoms with van der Waals surface area (Å²) in [6.07, 6.45) is 3.18. The fourth-order valence-electron chi connectivity index (χ4n) is 2.03. The lowest BCUT2D eigenvalue weighted by Crippen LogP contribution is -2.12. The van der Waals surface area contributed by atoms with Gasteiger partial charge in [0.25, 0.3) is 5.91 Å². The highest BCUT2D eigenvalue weighted by Crippen LogP contribution is 2.21. The van der Waals surface area contributed by atoms with Crippen LogP contribution in [-0.4, -0.2) is 23.0 Å². The first-order chi connectivity index (χ1) is 10.3. The average Bonchev–Trinajstić information content (AvgIpc) is 2.55. The topological polar surface area (TPSA) is 64.1 Å². The molecule has 0 bridgehead atoms. The molecule has 5 heteroatoms. The van der Waals surface area contributed by atoms with Crippen molar-refractivity contribution in [3.8, 4) is 5.88 Å². The van der Waals surface area contributed by atoms with E-state index >= 15 is 0 Å². The van der Waals surface area contributed by atoms with Gasteiger partial charge in [0.1, 0.15) is 0 Å². The molecule has 0 spiro atoms. The van der Waals surface area contributed by atoms with Crippen LogP contribution < -0.4 is 10.1 Å². The molecule has 0 fully saturated rings. The maximum absolute atomic E-state index is 12.2. The highest BCUT2D eigenvalue weighted by Gasteiger charge is 2.09. The van der Waals surface area contributed by atoms with E-state index in [1.807, 2.05) is 30.3 Å². The van der Waals surface area contributed by atoms with Crippen LogP contribution in [0.2, 0.25) is 0 Å². The third-order valence-corrected chi connectivity index (χ3v) is 3.09. The molecule has 2 heterocycles. The molecule has 5 nitrogen and oxygen atoms in total. The summed E-state index contributed by atoms with van der Waals surface area (Å²) >= 11 is 0. The lowest BCUT2D eigenvalue weighted by atomic mass is 10.2. The molecule has 1 aromatic carbocycles. The van der Waals surface area contributed by atoms with Gasteiger partial charge in [-0.2, -0.15) is 0 Å². The highest BCUT2D eigenvalue weighted by molar-refractivity contribution is 6.08. The Morgan fingerprint density at radius 1 is 1.10 bits per heavy atom. The summed E-state index contributed by atoms with van der Waals surface area (Å²) in [5, 5.41) is 3.83. The second kappa shape index (κ2) is 5.58. The predicted molar refractivity (Wildman–Crippen MR) is 80.5 cm³/mol. The molecule has 1 amide bonds. The number of nitrogens with zero attached hydrogens (tertiary/aromatic N) is 2. The van der Waals surface area contributed by atoms with E-state index in [-0.39, 0.29) is 5.91 Å². The molecule has 0 saturated carbocycles. The number of nitrogens with one attached hydrogen (secondary N) is 1. The SMILES string of the molecule is COc1ccc(C(=O)Nc2cccc3cccnc23)cn1. The van der Waals surface area contributed by atoms with E-state index in [0.29, 0.717) is 17.1 Å². The van der Waals surface area contributed by atoms with Crippen LogP contribution in [-0.2, 0) is 0 Å². The summed E-state index contributed by atoms with van der Waals surface area (Å²) < 4.78 is 4.97. The number of hydrogen-bond donors (Lipinski definition) is 1. The Balaban J connectivity index is 1.89. The van der Waals surface area contributed by atoms with E-state index in [1.165, 1.54) is 13.3 Å². The molecule has 0 aliphatic heterocycles. The molecular formula is C16H13N3O2. The van der Waals surface area contributed by atoms with Gasteiger partial charge in [-0.05, 0) is 18.2 Å². The molecule has 3 rings (SSSR count). The van der Waals surface area contributed by atoms with Crippen LogP contribution in [0.5, 0.6) is 5.88 Å². The van der Waals surface area contributed by atoms with Crippen molar-refractivity contribution in [3.05, 3.63) is 60.4 Å². The van der Waals surface area contributed by atoms with Crippen molar-refractivity contribution in [1.29, 1.82) is 0 Å². The van der Waals surface area contributed by atoms with Gasteiger partial charge in [-0.3, -0.25) is 9.78 Å². The van der Waals surface area contributed by atoms with Gasteiger partial charge in [0.15, 0.2) is 0 Å². The quantitative estimate of drug-likeness (QED) is 0.800. The summed E-state index contributed by atoms with van der Waals surface area (Å²) in [5.41, 5.74) is 1.90. The van der Waals surface area contributed by atoms with Gasteiger partial charge in [-0.1, -0.05) is 18.2 Å². The van der Waals surface area contributed by atoms with Gasteiger partial charge in [-0.15, -0.1) is 0 Å². The lowest BCUT2D eigenvalue weighted by molar-refractivity contribution is 0.102. The highest BCUT2D eigenvalue weighted by atomic mass is 16.5. The Kier molecular flexibility index (Phi) is 3.47. The minimum absolute atomic E-state index is 0.233. The fourth-order valence-corrected chi connectivity index (χ4v) is 2.03. The van der Waals surface area contributed by atoms with E-state index in [2.05, 4.69) is 15.3 Å². The van der Waals surface area contributed by atoms with E-state index in [0.717, 1.165) is 10.9 Å². The first-order valence-corrected chi connectivity index (χ1v) is 6.43. The van der Waals surface area contributed by atoms with Crippen molar-refractivity contribution in [3.63, 3.8) is 0 Å². The molecule has 3 aromatic rings. The van der Waals surface area contributed by atoms with Crippen LogP contribution in [0.4, 0.5) is 5.69 Å². The fraction of sp³-hybridized carbons (Fsp3) is 0.0625. The van der Waals surface area contributed by atoms with E-state index in [1.54, 1.807) is 18.3 Å². The maximum Gasteiger partial charge on any atom is 0.257 e. The summed E-state index contributed by atoms with van der Waals surface area (Å²) in [6.45, 7) is 0. The van der Waals surface area contributed by atoms with E-state index in [9.17, 15) is 4.79 Å². The number of amides is 1. The van der Waals surface area contributed by atoms with E-state index < -0.39 is 0 Å². The van der Waals surface area contributed by atoms with Crippen molar-refractivity contribution in [1.82, 2.24) is 9.97 Å². The Morgan fingerprint density at radius 2 is 1.95 bits per heavy atom. The monoisotopic (exact) mass is 279 g/mol. The van der Waals surface area contributed by atoms with Gasteiger partial charge >= 0.3 is 0 Å². The van der Waals surface area contributed by atoms with Gasteiger partial charge in [0.2, 0.25) is 5.88 Å². The van der Waals surface area contributed by atoms with Crippen LogP contribution in [0.1, 0.15) is 10.4 Å². The largest absolute Gasteiger partial charge is 0.481 e. The van der Waals surface area contributed by atoms with E-state index in [4.69, 9.17) is 4.74 Å². The zero-order valence-electron chi connectivity index (χ0n) is 11.4. The van der Waals surface area contributed by atoms with Crippen molar-refractivity contribution in [2.24, 2.45) is 0 Å². The predicted octanol–water partition coefficient (Wildman–Crippen LogP) is 2.89. The smallest absolute Gasteiger partial charge is 0.257 e. The standard InChI is InChI=1S/C16H13N3O2/c1-21-14-8-7-12(10-18-14)16(20)19-13-6-2-4-11-5-3-9-17-15(11)13/h2-10H,1H3,(H,19,20). The minimum atomic E-state index is -0.233. The number of aromatic nitrogens is 2. The number of ether oxygens (including phenoxy) is 1. The van der Waals surface area contributed by atoms with Crippen LogP contribution in [0.3, 0.4) is 0 Å². The molecular weight excluding hydrogens is 266 g/mol. The first-order valence-electron chi connectivity index (χ1n) is 6.43. The van der Waals surface area contributed by atoms with Crippen LogP contribution in [0.25, 0.3) is 10.9 Å². The molecule has 1 N–H and O–H groups in total. The van der Waals surface area contributed by atoms with Crippen LogP contribution in [0.15, 0.2) is 54.9 Å². The summed E-state index contributed by atoms with van der Waals surface area (Å²) in [5.74, 6) is 0.238. The number of hydrogen-bond acceptors (Lipinski definition) is 4. The van der Waals surface area contributed by atoms with Gasteiger partial charge in [-0.25, -0.2) is 4.98 Å². The van der Waals surface area contributed by atoms with Crippen molar-refractivity contribution < 1.29 is 9.53 Å². The number of benzene rings is 1. The number of carbonyl (C=O) groups is 1. The van der Waals surface area contributed by atoms with Crippen molar-refractivity contribution in [2.45, 2.75) is 0 Å². The van der Waals surface area contributed by atoms with Crippen molar-refractivity contribution >= 4 is 22.5 Å². The minimum Gasteiger partial charge on any atom is -0.481 e. The molecule has 0 radical (unpaired) electrons. The Morgan fingerprint density at radius 3 is 2.71 bits per heavy atom. The molecule has 2 aromatic heterocycles. The number of pyridine rings is 2. The van der Waals surface area contributed by atoms with Gasteiger partial charge in [0, 0.05) is 23.8 Å². The van der Waals surface area contributed by atoms with Crippen LogP contribution >= 0.6 is 0 Å². The molecule has 104 valence electrons. The number of anilines is 1. The maximum atomic E-state index is 12.2. The lowest BCUT2D eigenvalue weighted by Gasteiger charge is -2.08. The van der Waals surface area contributed by atoms with Crippen molar-refractivity contribution in [2.75, 3.05) is 12.4 Å². The number of para-hydroxylation sites is 1. The summed E-state index contributed by atoms with van der Waals surface area (Å²) in [6, 6.07) is 12.8. The summed E-state index contributed by atoms with van der Waals surface area (Å²) in [4.78, 5) is 20.6. The molecule has 0 atom stereocenters. The zero-order valence-corrected chi connectivity index (χ0v) is 11.4. The molecule has 21 heavy (non-hydrogen) atoms. The number of rotatable bonds is 3. The number of carbonyl (C=O) groups excluding carboxylic acids is 1. The Labute approximate surface area is 121 Å². The van der Waals surface area contributed by atoms with Gasteiger partial charge in [0.05, 0.1) is 23.9 Å². The first kappa shape index (κ1) is 13.1. The molecule has 0 unspecified atom stereocenters. The molecule has 0 aliphatic rings. The average molecular weight is 279 g/mol. The third kappa shape index (κ3) is 2.67. The van der Waals surface area contributed by atoms with Gasteiger partial charge < -0.3 is 10.1 Å². The second-order valence-electron chi connectivity index (χ2n) is 4.42. The third-order valence-electron chi connectivity index (χ3n) is 3.09. The normalized spacial score (nSPS) is 10.3. The molecule has 0 saturated heterocycles. The Hall–Kier alpha value is -2.95. The van der Waals surface area contributed by atoms with Crippen LogP contribution in [0, 0.1) is 0 Å². The Bertz CT molecular complexity index is 780. The number of fused-ring (bicyclic) bond motifs is 1. The number of methoxy groups -OCH3 is 1. The zero-order chi connectivity index (χ0) is 14.7. The second-order valence-corrected chi connectivity index (χ2v) is 4.42. The molecule has 0 aliphatic carbocycles. The summed E-state index contributed by atoms with van der Waals surface area (Å²) in [7, 11) is 1.53.